The monoisotopic (exact) mass is 401 g/mol. The van der Waals surface area contributed by atoms with Gasteiger partial charge in [0.15, 0.2) is 0 Å². The van der Waals surface area contributed by atoms with Crippen LogP contribution in [0.5, 0.6) is 0 Å². The van der Waals surface area contributed by atoms with E-state index in [1.165, 1.54) is 29.2 Å². The third-order valence-corrected chi connectivity index (χ3v) is 6.24. The lowest BCUT2D eigenvalue weighted by molar-refractivity contribution is -0.255. The maximum Gasteiger partial charge on any atom is 0.255 e. The second-order valence-corrected chi connectivity index (χ2v) is 7.88. The number of anilines is 2. The number of carboxylic acid groups (broad SMARTS) is 1. The molecule has 2 aliphatic carbocycles. The van der Waals surface area contributed by atoms with Gasteiger partial charge in [-0.25, -0.2) is 0 Å². The number of carbonyl (C=O) groups is 4. The molecule has 3 aliphatic rings. The summed E-state index contributed by atoms with van der Waals surface area (Å²) in [6, 6.07) is 11.9. The summed E-state index contributed by atoms with van der Waals surface area (Å²) >= 11 is 0. The molecule has 1 saturated heterocycles. The number of nitrogens with zero attached hydrogens (tertiary/aromatic N) is 1. The molecular weight excluding hydrogens is 384 g/mol. The van der Waals surface area contributed by atoms with Crippen molar-refractivity contribution in [2.24, 2.45) is 23.7 Å². The molecule has 2 aromatic carbocycles. The molecule has 3 amide bonds. The summed E-state index contributed by atoms with van der Waals surface area (Å²) in [6.45, 7) is 0. The topological polar surface area (TPSA) is 107 Å². The van der Waals surface area contributed by atoms with Gasteiger partial charge in [-0.15, -0.1) is 0 Å². The van der Waals surface area contributed by atoms with Gasteiger partial charge in [0.1, 0.15) is 0 Å². The highest BCUT2D eigenvalue weighted by molar-refractivity contribution is 6.23. The Balaban J connectivity index is 1.31. The lowest BCUT2D eigenvalue weighted by Crippen LogP contribution is -2.32. The minimum atomic E-state index is -1.29. The van der Waals surface area contributed by atoms with Crippen LogP contribution in [0.3, 0.4) is 0 Å². The SMILES string of the molecule is O=C([O-])c1ccc(NC(=O)c2ccc(N3C(=O)[C@@H]4[C@H](C3=O)[C@@H]3C=C[C@H]4C3)cc2)cc1. The van der Waals surface area contributed by atoms with Crippen molar-refractivity contribution >= 4 is 35.1 Å². The molecule has 1 aliphatic heterocycles. The number of imide groups is 1. The van der Waals surface area contributed by atoms with E-state index in [0.29, 0.717) is 16.9 Å². The van der Waals surface area contributed by atoms with Crippen molar-refractivity contribution in [3.05, 3.63) is 71.8 Å². The Morgan fingerprint density at radius 2 is 1.37 bits per heavy atom. The Morgan fingerprint density at radius 3 is 1.90 bits per heavy atom. The molecule has 0 unspecified atom stereocenters. The second kappa shape index (κ2) is 6.66. The Hall–Kier alpha value is -3.74. The molecule has 2 fully saturated rings. The molecule has 1 saturated carbocycles. The summed E-state index contributed by atoms with van der Waals surface area (Å²) in [4.78, 5) is 50.2. The zero-order valence-electron chi connectivity index (χ0n) is 15.8. The standard InChI is InChI=1S/C23H18N2O5/c26-20(24-16-7-3-13(4-8-16)23(29)30)12-5-9-17(10-6-12)25-21(27)18-14-1-2-15(11-14)19(18)22(25)28/h1-10,14-15,18-19H,11H2,(H,24,26)(H,29,30)/p-1/t14-,15+,18-,19+. The smallest absolute Gasteiger partial charge is 0.255 e. The summed E-state index contributed by atoms with van der Waals surface area (Å²) < 4.78 is 0. The van der Waals surface area contributed by atoms with Crippen LogP contribution in [0.25, 0.3) is 0 Å². The molecule has 2 aromatic rings. The minimum Gasteiger partial charge on any atom is -0.545 e. The first kappa shape index (κ1) is 18.3. The first-order valence-electron chi connectivity index (χ1n) is 9.73. The van der Waals surface area contributed by atoms with Crippen LogP contribution in [-0.4, -0.2) is 23.7 Å². The van der Waals surface area contributed by atoms with Gasteiger partial charge in [0.2, 0.25) is 11.8 Å². The van der Waals surface area contributed by atoms with Gasteiger partial charge in [0.25, 0.3) is 5.91 Å². The van der Waals surface area contributed by atoms with Crippen LogP contribution in [0, 0.1) is 23.7 Å². The quantitative estimate of drug-likeness (QED) is 0.619. The fourth-order valence-electron chi connectivity index (χ4n) is 4.81. The molecule has 0 radical (unpaired) electrons. The first-order valence-corrected chi connectivity index (χ1v) is 9.73. The summed E-state index contributed by atoms with van der Waals surface area (Å²) in [5.41, 5.74) is 1.28. The van der Waals surface area contributed by atoms with Crippen LogP contribution in [0.4, 0.5) is 11.4 Å². The summed E-state index contributed by atoms with van der Waals surface area (Å²) in [5, 5.41) is 13.5. The van der Waals surface area contributed by atoms with Gasteiger partial charge >= 0.3 is 0 Å². The predicted octanol–water partition coefficient (Wildman–Crippen LogP) is 1.61. The number of allylic oxidation sites excluding steroid dienone is 2. The number of rotatable bonds is 4. The molecule has 1 heterocycles. The maximum absolute atomic E-state index is 12.9. The fraction of sp³-hybridized carbons (Fsp3) is 0.217. The Bertz CT molecular complexity index is 1070. The minimum absolute atomic E-state index is 0.0192. The molecule has 0 aromatic heterocycles. The van der Waals surface area contributed by atoms with E-state index in [0.717, 1.165) is 6.42 Å². The summed E-state index contributed by atoms with van der Waals surface area (Å²) in [5.74, 6) is -2.23. The number of fused-ring (bicyclic) bond motifs is 5. The van der Waals surface area contributed by atoms with Crippen LogP contribution < -0.4 is 15.3 Å². The lowest BCUT2D eigenvalue weighted by Gasteiger charge is -2.17. The molecule has 7 nitrogen and oxygen atoms in total. The van der Waals surface area contributed by atoms with Crippen LogP contribution in [-0.2, 0) is 9.59 Å². The van der Waals surface area contributed by atoms with Gasteiger partial charge in [-0.05, 0) is 60.2 Å². The van der Waals surface area contributed by atoms with Gasteiger partial charge in [-0.3, -0.25) is 19.3 Å². The van der Waals surface area contributed by atoms with Gasteiger partial charge in [-0.1, -0.05) is 24.3 Å². The first-order chi connectivity index (χ1) is 14.4. The average Bonchev–Trinajstić information content (AvgIpc) is 3.42. The van der Waals surface area contributed by atoms with Gasteiger partial charge in [0, 0.05) is 11.3 Å². The Kier molecular flexibility index (Phi) is 4.06. The molecule has 150 valence electrons. The molecule has 0 spiro atoms. The van der Waals surface area contributed by atoms with Crippen LogP contribution in [0.2, 0.25) is 0 Å². The van der Waals surface area contributed by atoms with Crippen molar-refractivity contribution in [3.8, 4) is 0 Å². The molecule has 4 atom stereocenters. The van der Waals surface area contributed by atoms with Crippen LogP contribution >= 0.6 is 0 Å². The van der Waals surface area contributed by atoms with E-state index in [4.69, 9.17) is 0 Å². The molecule has 1 N–H and O–H groups in total. The number of nitrogens with one attached hydrogen (secondary N) is 1. The van der Waals surface area contributed by atoms with E-state index >= 15 is 0 Å². The largest absolute Gasteiger partial charge is 0.545 e. The fourth-order valence-corrected chi connectivity index (χ4v) is 4.81. The van der Waals surface area contributed by atoms with Gasteiger partial charge in [-0.2, -0.15) is 0 Å². The highest BCUT2D eigenvalue weighted by atomic mass is 16.4. The second-order valence-electron chi connectivity index (χ2n) is 7.88. The zero-order chi connectivity index (χ0) is 21.0. The third-order valence-electron chi connectivity index (χ3n) is 6.24. The molecule has 30 heavy (non-hydrogen) atoms. The average molecular weight is 401 g/mol. The summed E-state index contributed by atoms with van der Waals surface area (Å²) in [7, 11) is 0. The Labute approximate surface area is 172 Å². The number of carbonyl (C=O) groups excluding carboxylic acids is 4. The van der Waals surface area contributed by atoms with Crippen LogP contribution in [0.15, 0.2) is 60.7 Å². The molecule has 7 heteroatoms. The zero-order valence-corrected chi connectivity index (χ0v) is 15.8. The number of hydrogen-bond donors (Lipinski definition) is 1. The number of benzene rings is 2. The number of amides is 3. The van der Waals surface area contributed by atoms with Crippen molar-refractivity contribution in [2.45, 2.75) is 6.42 Å². The molecule has 5 rings (SSSR count). The number of aromatic carboxylic acids is 1. The molecule has 2 bridgehead atoms. The van der Waals surface area contributed by atoms with E-state index in [1.54, 1.807) is 24.3 Å². The van der Waals surface area contributed by atoms with Crippen molar-refractivity contribution in [2.75, 3.05) is 10.2 Å². The predicted molar refractivity (Wildman–Crippen MR) is 105 cm³/mol. The van der Waals surface area contributed by atoms with Gasteiger partial charge < -0.3 is 15.2 Å². The van der Waals surface area contributed by atoms with Crippen molar-refractivity contribution in [1.82, 2.24) is 0 Å². The molecular formula is C23H17N2O5-. The lowest BCUT2D eigenvalue weighted by atomic mass is 9.85. The van der Waals surface area contributed by atoms with E-state index in [1.807, 2.05) is 12.2 Å². The third kappa shape index (κ3) is 2.74. The Morgan fingerprint density at radius 1 is 0.833 bits per heavy atom. The van der Waals surface area contributed by atoms with Crippen molar-refractivity contribution in [1.29, 1.82) is 0 Å². The number of hydrogen-bond acceptors (Lipinski definition) is 5. The van der Waals surface area contributed by atoms with Crippen molar-refractivity contribution in [3.63, 3.8) is 0 Å². The van der Waals surface area contributed by atoms with E-state index in [2.05, 4.69) is 5.32 Å². The van der Waals surface area contributed by atoms with Crippen LogP contribution in [0.1, 0.15) is 27.1 Å². The highest BCUT2D eigenvalue weighted by Gasteiger charge is 2.59. The maximum atomic E-state index is 12.9. The van der Waals surface area contributed by atoms with E-state index in [-0.39, 0.29) is 47.0 Å². The highest BCUT2D eigenvalue weighted by Crippen LogP contribution is 2.53. The van der Waals surface area contributed by atoms with E-state index < -0.39 is 5.97 Å². The van der Waals surface area contributed by atoms with Crippen molar-refractivity contribution < 1.29 is 24.3 Å². The van der Waals surface area contributed by atoms with E-state index in [9.17, 15) is 24.3 Å². The summed E-state index contributed by atoms with van der Waals surface area (Å²) in [6.07, 6.45) is 4.98. The van der Waals surface area contributed by atoms with Gasteiger partial charge in [0.05, 0.1) is 23.5 Å². The number of carboxylic acids is 1. The normalized spacial score (nSPS) is 26.2.